The van der Waals surface area contributed by atoms with E-state index in [1.165, 1.54) is 6.07 Å². The summed E-state index contributed by atoms with van der Waals surface area (Å²) in [5.74, 6) is 0.161. The predicted octanol–water partition coefficient (Wildman–Crippen LogP) is 3.90. The molecule has 2 amide bonds. The van der Waals surface area contributed by atoms with E-state index < -0.39 is 10.1 Å². The normalized spacial score (nSPS) is 11.6. The lowest BCUT2D eigenvalue weighted by Crippen LogP contribution is -2.45. The molecule has 0 aliphatic heterocycles. The Morgan fingerprint density at radius 1 is 1.13 bits per heavy atom. The highest BCUT2D eigenvalue weighted by atomic mass is 35.5. The first kappa shape index (κ1) is 25.0. The molecule has 2 aromatic rings. The summed E-state index contributed by atoms with van der Waals surface area (Å²) in [6.07, 6.45) is 0. The molecule has 31 heavy (non-hydrogen) atoms. The van der Waals surface area contributed by atoms with Crippen molar-refractivity contribution in [1.29, 1.82) is 0 Å². The van der Waals surface area contributed by atoms with Crippen molar-refractivity contribution >= 4 is 27.8 Å². The van der Waals surface area contributed by atoms with Crippen molar-refractivity contribution in [2.24, 2.45) is 0 Å². The van der Waals surface area contributed by atoms with Crippen molar-refractivity contribution < 1.29 is 17.4 Å². The van der Waals surface area contributed by atoms with Crippen LogP contribution in [-0.2, 0) is 16.7 Å². The minimum atomic E-state index is -4.11. The fourth-order valence-corrected chi connectivity index (χ4v) is 4.64. The van der Waals surface area contributed by atoms with Gasteiger partial charge in [-0.2, -0.15) is 8.42 Å². The number of hydrogen-bond donors (Lipinski definition) is 1. The maximum atomic E-state index is 12.8. The average Bonchev–Trinajstić information content (AvgIpc) is 2.63. The summed E-state index contributed by atoms with van der Waals surface area (Å²) in [6.45, 7) is 7.00. The largest absolute Gasteiger partial charge is 0.379 e. The third-order valence-electron chi connectivity index (χ3n) is 4.41. The highest BCUT2D eigenvalue weighted by Crippen LogP contribution is 2.28. The van der Waals surface area contributed by atoms with E-state index >= 15 is 0 Å². The van der Waals surface area contributed by atoms with Crippen LogP contribution in [0, 0.1) is 6.92 Å². The number of benzene rings is 2. The van der Waals surface area contributed by atoms with E-state index in [1.807, 2.05) is 38.9 Å². The van der Waals surface area contributed by atoms with Gasteiger partial charge in [0, 0.05) is 25.7 Å². The number of hydrogen-bond acceptors (Lipinski definition) is 5. The second kappa shape index (κ2) is 10.8. The molecule has 2 aromatic carbocycles. The molecule has 0 aliphatic carbocycles. The van der Waals surface area contributed by atoms with Crippen LogP contribution in [-0.4, -0.2) is 57.5 Å². The predicted molar refractivity (Wildman–Crippen MR) is 123 cm³/mol. The topological polar surface area (TPSA) is 79.0 Å². The van der Waals surface area contributed by atoms with Crippen molar-refractivity contribution in [2.45, 2.75) is 38.3 Å². The smallest absolute Gasteiger partial charge is 0.340 e. The molecule has 170 valence electrons. The van der Waals surface area contributed by atoms with Crippen LogP contribution in [0.1, 0.15) is 25.0 Å². The number of carbonyl (C=O) groups excluding carboxylic acids is 1. The Kier molecular flexibility index (Phi) is 8.73. The van der Waals surface area contributed by atoms with Crippen LogP contribution in [0.2, 0.25) is 5.02 Å². The Hall–Kier alpha value is -2.29. The number of halogens is 1. The van der Waals surface area contributed by atoms with Crippen LogP contribution in [0.3, 0.4) is 0 Å². The molecule has 0 bridgehead atoms. The SMILES string of the molecule is Cc1cccc(Cl)c1S(=O)(=O)Oc1cccc(CN(CCN(C)C)C(=O)NC(C)C)c1. The first-order chi connectivity index (χ1) is 14.5. The van der Waals surface area contributed by atoms with Crippen molar-refractivity contribution in [1.82, 2.24) is 15.1 Å². The van der Waals surface area contributed by atoms with Gasteiger partial charge in [-0.25, -0.2) is 4.79 Å². The standard InChI is InChI=1S/C22H30ClN3O4S/c1-16(2)24-22(27)26(13-12-25(4)5)15-18-9-7-10-19(14-18)30-31(28,29)21-17(3)8-6-11-20(21)23/h6-11,14,16H,12-13,15H2,1-5H3,(H,24,27). The van der Waals surface area contributed by atoms with E-state index in [0.29, 0.717) is 25.2 Å². The van der Waals surface area contributed by atoms with E-state index in [9.17, 15) is 13.2 Å². The summed E-state index contributed by atoms with van der Waals surface area (Å²) in [7, 11) is -0.227. The second-order valence-corrected chi connectivity index (χ2v) is 9.79. The van der Waals surface area contributed by atoms with Crippen molar-refractivity contribution in [3.8, 4) is 5.75 Å². The highest BCUT2D eigenvalue weighted by molar-refractivity contribution is 7.87. The number of aryl methyl sites for hydroxylation is 1. The van der Waals surface area contributed by atoms with Gasteiger partial charge >= 0.3 is 16.1 Å². The fraction of sp³-hybridized carbons (Fsp3) is 0.409. The van der Waals surface area contributed by atoms with E-state index in [1.54, 1.807) is 42.2 Å². The van der Waals surface area contributed by atoms with Crippen LogP contribution >= 0.6 is 11.6 Å². The van der Waals surface area contributed by atoms with Gasteiger partial charge in [0.1, 0.15) is 10.6 Å². The average molecular weight is 468 g/mol. The summed E-state index contributed by atoms with van der Waals surface area (Å²) < 4.78 is 30.9. The molecule has 0 heterocycles. The van der Waals surface area contributed by atoms with Gasteiger partial charge in [-0.05, 0) is 64.2 Å². The lowest BCUT2D eigenvalue weighted by molar-refractivity contribution is 0.186. The Morgan fingerprint density at radius 2 is 1.81 bits per heavy atom. The van der Waals surface area contributed by atoms with Crippen LogP contribution in [0.5, 0.6) is 5.75 Å². The van der Waals surface area contributed by atoms with Gasteiger partial charge in [-0.15, -0.1) is 0 Å². The Labute approximate surface area is 190 Å². The molecular weight excluding hydrogens is 438 g/mol. The molecule has 7 nitrogen and oxygen atoms in total. The quantitative estimate of drug-likeness (QED) is 0.566. The van der Waals surface area contributed by atoms with Gasteiger partial charge in [0.2, 0.25) is 0 Å². The van der Waals surface area contributed by atoms with E-state index in [0.717, 1.165) is 5.56 Å². The zero-order valence-corrected chi connectivity index (χ0v) is 20.1. The Balaban J connectivity index is 2.23. The fourth-order valence-electron chi connectivity index (χ4n) is 2.93. The number of carbonyl (C=O) groups is 1. The lowest BCUT2D eigenvalue weighted by Gasteiger charge is -2.26. The molecule has 0 aromatic heterocycles. The number of nitrogens with one attached hydrogen (secondary N) is 1. The van der Waals surface area contributed by atoms with E-state index in [4.69, 9.17) is 15.8 Å². The molecule has 0 spiro atoms. The van der Waals surface area contributed by atoms with Crippen LogP contribution in [0.4, 0.5) is 4.79 Å². The minimum Gasteiger partial charge on any atom is -0.379 e. The van der Waals surface area contributed by atoms with Gasteiger partial charge in [0.25, 0.3) is 0 Å². The van der Waals surface area contributed by atoms with Crippen molar-refractivity contribution in [2.75, 3.05) is 27.2 Å². The molecule has 0 unspecified atom stereocenters. The third kappa shape index (κ3) is 7.41. The molecule has 0 radical (unpaired) electrons. The number of rotatable bonds is 9. The molecule has 0 atom stereocenters. The summed E-state index contributed by atoms with van der Waals surface area (Å²) in [5, 5.41) is 3.01. The lowest BCUT2D eigenvalue weighted by atomic mass is 10.2. The van der Waals surface area contributed by atoms with Crippen LogP contribution in [0.15, 0.2) is 47.4 Å². The zero-order valence-electron chi connectivity index (χ0n) is 18.6. The summed E-state index contributed by atoms with van der Waals surface area (Å²) in [6, 6.07) is 11.4. The molecule has 2 rings (SSSR count). The number of likely N-dealkylation sites (N-methyl/N-ethyl adjacent to an activating group) is 1. The zero-order chi connectivity index (χ0) is 23.2. The highest BCUT2D eigenvalue weighted by Gasteiger charge is 2.23. The van der Waals surface area contributed by atoms with E-state index in [2.05, 4.69) is 5.32 Å². The van der Waals surface area contributed by atoms with Crippen LogP contribution < -0.4 is 9.50 Å². The van der Waals surface area contributed by atoms with Gasteiger partial charge in [0.15, 0.2) is 0 Å². The van der Waals surface area contributed by atoms with Gasteiger partial charge in [-0.3, -0.25) is 0 Å². The summed E-state index contributed by atoms with van der Waals surface area (Å²) >= 11 is 6.10. The Morgan fingerprint density at radius 3 is 2.42 bits per heavy atom. The Bertz CT molecular complexity index is 989. The first-order valence-corrected chi connectivity index (χ1v) is 11.8. The molecule has 0 saturated carbocycles. The maximum absolute atomic E-state index is 12.8. The van der Waals surface area contributed by atoms with Crippen molar-refractivity contribution in [3.63, 3.8) is 0 Å². The van der Waals surface area contributed by atoms with Gasteiger partial charge in [-0.1, -0.05) is 35.9 Å². The molecule has 9 heteroatoms. The summed E-state index contributed by atoms with van der Waals surface area (Å²) in [5.41, 5.74) is 1.25. The molecule has 0 saturated heterocycles. The maximum Gasteiger partial charge on any atom is 0.340 e. The minimum absolute atomic E-state index is 0.00743. The van der Waals surface area contributed by atoms with Gasteiger partial charge in [0.05, 0.1) is 5.02 Å². The van der Waals surface area contributed by atoms with E-state index in [-0.39, 0.29) is 27.7 Å². The number of urea groups is 1. The van der Waals surface area contributed by atoms with Crippen LogP contribution in [0.25, 0.3) is 0 Å². The second-order valence-electron chi connectivity index (χ2n) is 7.90. The molecular formula is C22H30ClN3O4S. The molecule has 1 N–H and O–H groups in total. The monoisotopic (exact) mass is 467 g/mol. The first-order valence-electron chi connectivity index (χ1n) is 9.98. The summed E-state index contributed by atoms with van der Waals surface area (Å²) in [4.78, 5) is 16.2. The number of nitrogens with zero attached hydrogens (tertiary/aromatic N) is 2. The molecule has 0 fully saturated rings. The van der Waals surface area contributed by atoms with Crippen molar-refractivity contribution in [3.05, 3.63) is 58.6 Å². The molecule has 0 aliphatic rings. The van der Waals surface area contributed by atoms with Gasteiger partial charge < -0.3 is 19.3 Å². The third-order valence-corrected chi connectivity index (χ3v) is 6.29. The number of amides is 2.